The SMILES string of the molecule is Cc1nc(CN(C)C(=O)[C@@H](C)N2C(=O)c3cccc4cccc2c34)cs1. The van der Waals surface area contributed by atoms with Crippen molar-refractivity contribution in [3.63, 3.8) is 0 Å². The molecule has 0 N–H and O–H groups in total. The Morgan fingerprint density at radius 2 is 2.00 bits per heavy atom. The van der Waals surface area contributed by atoms with Crippen LogP contribution in [0.25, 0.3) is 10.8 Å². The molecule has 0 fully saturated rings. The molecular formula is C20H19N3O2S. The Morgan fingerprint density at radius 1 is 1.27 bits per heavy atom. The number of amides is 2. The van der Waals surface area contributed by atoms with E-state index in [1.54, 1.807) is 35.1 Å². The molecule has 1 aliphatic heterocycles. The monoisotopic (exact) mass is 365 g/mol. The van der Waals surface area contributed by atoms with Crippen LogP contribution >= 0.6 is 11.3 Å². The predicted molar refractivity (Wildman–Crippen MR) is 104 cm³/mol. The fraction of sp³-hybridized carbons (Fsp3) is 0.250. The van der Waals surface area contributed by atoms with Crippen molar-refractivity contribution in [1.82, 2.24) is 9.88 Å². The lowest BCUT2D eigenvalue weighted by Crippen LogP contribution is -2.47. The second kappa shape index (κ2) is 6.21. The molecule has 0 spiro atoms. The number of nitrogens with zero attached hydrogens (tertiary/aromatic N) is 3. The van der Waals surface area contributed by atoms with Crippen molar-refractivity contribution in [2.45, 2.75) is 26.4 Å². The van der Waals surface area contributed by atoms with Crippen LogP contribution in [0.1, 0.15) is 28.0 Å². The van der Waals surface area contributed by atoms with Gasteiger partial charge in [-0.15, -0.1) is 11.3 Å². The van der Waals surface area contributed by atoms with E-state index < -0.39 is 6.04 Å². The number of aryl methyl sites for hydroxylation is 1. The van der Waals surface area contributed by atoms with Crippen LogP contribution in [0, 0.1) is 6.92 Å². The third-order valence-corrected chi connectivity index (χ3v) is 5.60. The lowest BCUT2D eigenvalue weighted by Gasteiger charge is -2.28. The molecule has 0 unspecified atom stereocenters. The molecule has 0 aliphatic carbocycles. The van der Waals surface area contributed by atoms with Gasteiger partial charge in [-0.05, 0) is 31.4 Å². The highest BCUT2D eigenvalue weighted by Crippen LogP contribution is 2.38. The first kappa shape index (κ1) is 16.7. The van der Waals surface area contributed by atoms with Gasteiger partial charge in [0.2, 0.25) is 5.91 Å². The summed E-state index contributed by atoms with van der Waals surface area (Å²) in [4.78, 5) is 33.6. The Kier molecular flexibility index (Phi) is 4.00. The molecule has 26 heavy (non-hydrogen) atoms. The molecule has 0 radical (unpaired) electrons. The van der Waals surface area contributed by atoms with E-state index in [1.165, 1.54) is 0 Å². The molecule has 0 bridgehead atoms. The first-order valence-electron chi connectivity index (χ1n) is 8.48. The van der Waals surface area contributed by atoms with Crippen molar-refractivity contribution in [1.29, 1.82) is 0 Å². The summed E-state index contributed by atoms with van der Waals surface area (Å²) in [6.45, 7) is 4.17. The molecule has 2 amide bonds. The van der Waals surface area contributed by atoms with Gasteiger partial charge in [0.05, 0.1) is 22.9 Å². The fourth-order valence-corrected chi connectivity index (χ4v) is 4.16. The minimum absolute atomic E-state index is 0.103. The van der Waals surface area contributed by atoms with Crippen LogP contribution in [-0.2, 0) is 11.3 Å². The Morgan fingerprint density at radius 3 is 2.69 bits per heavy atom. The van der Waals surface area contributed by atoms with Crippen molar-refractivity contribution in [2.75, 3.05) is 11.9 Å². The summed E-state index contributed by atoms with van der Waals surface area (Å²) in [5.41, 5.74) is 2.34. The van der Waals surface area contributed by atoms with Crippen LogP contribution < -0.4 is 4.90 Å². The highest BCUT2D eigenvalue weighted by Gasteiger charge is 2.36. The minimum atomic E-state index is -0.578. The number of thiazole rings is 1. The van der Waals surface area contributed by atoms with Crippen LogP contribution in [0.3, 0.4) is 0 Å². The summed E-state index contributed by atoms with van der Waals surface area (Å²) in [5, 5.41) is 4.88. The molecule has 6 heteroatoms. The lowest BCUT2D eigenvalue weighted by atomic mass is 10.1. The summed E-state index contributed by atoms with van der Waals surface area (Å²) < 4.78 is 0. The molecule has 2 heterocycles. The number of hydrogen-bond donors (Lipinski definition) is 0. The van der Waals surface area contributed by atoms with Crippen molar-refractivity contribution >= 4 is 39.6 Å². The molecule has 3 aromatic rings. The molecular weight excluding hydrogens is 346 g/mol. The van der Waals surface area contributed by atoms with Crippen molar-refractivity contribution < 1.29 is 9.59 Å². The van der Waals surface area contributed by atoms with Gasteiger partial charge in [0.1, 0.15) is 6.04 Å². The van der Waals surface area contributed by atoms with Gasteiger partial charge in [-0.1, -0.05) is 24.3 Å². The highest BCUT2D eigenvalue weighted by atomic mass is 32.1. The topological polar surface area (TPSA) is 53.5 Å². The van der Waals surface area contributed by atoms with Crippen molar-refractivity contribution in [3.8, 4) is 0 Å². The fourth-order valence-electron chi connectivity index (χ4n) is 3.55. The largest absolute Gasteiger partial charge is 0.338 e. The first-order chi connectivity index (χ1) is 12.5. The van der Waals surface area contributed by atoms with Crippen LogP contribution in [0.2, 0.25) is 0 Å². The Bertz CT molecular complexity index is 1020. The summed E-state index contributed by atoms with van der Waals surface area (Å²) in [7, 11) is 1.75. The van der Waals surface area contributed by atoms with Gasteiger partial charge in [0, 0.05) is 23.4 Å². The quantitative estimate of drug-likeness (QED) is 0.710. The highest BCUT2D eigenvalue weighted by molar-refractivity contribution is 7.09. The predicted octanol–water partition coefficient (Wildman–Crippen LogP) is 3.61. The molecule has 0 saturated carbocycles. The summed E-state index contributed by atoms with van der Waals surface area (Å²) in [5.74, 6) is -0.218. The van der Waals surface area contributed by atoms with E-state index >= 15 is 0 Å². The molecule has 1 atom stereocenters. The number of hydrogen-bond acceptors (Lipinski definition) is 4. The van der Waals surface area contributed by atoms with Gasteiger partial charge in [0.25, 0.3) is 5.91 Å². The van der Waals surface area contributed by atoms with Crippen LogP contribution in [0.15, 0.2) is 41.8 Å². The van der Waals surface area contributed by atoms with E-state index in [-0.39, 0.29) is 11.8 Å². The number of carbonyl (C=O) groups is 2. The number of aromatic nitrogens is 1. The number of benzene rings is 2. The van der Waals surface area contributed by atoms with E-state index in [2.05, 4.69) is 4.98 Å². The maximum atomic E-state index is 13.0. The molecule has 4 rings (SSSR count). The van der Waals surface area contributed by atoms with Gasteiger partial charge in [-0.3, -0.25) is 14.5 Å². The van der Waals surface area contributed by atoms with E-state index in [4.69, 9.17) is 0 Å². The molecule has 0 saturated heterocycles. The molecule has 132 valence electrons. The van der Waals surface area contributed by atoms with E-state index in [0.29, 0.717) is 12.1 Å². The third-order valence-electron chi connectivity index (χ3n) is 4.78. The van der Waals surface area contributed by atoms with E-state index in [9.17, 15) is 9.59 Å². The molecule has 1 aromatic heterocycles. The normalized spacial score (nSPS) is 14.1. The standard InChI is InChI=1S/C20H19N3O2S/c1-12(19(24)22(3)10-15-11-26-13(2)21-15)23-17-9-5-7-14-6-4-8-16(18(14)17)20(23)25/h4-9,11-12H,10H2,1-3H3/t12-/m1/s1. The zero-order chi connectivity index (χ0) is 18.4. The molecule has 2 aromatic carbocycles. The molecule has 5 nitrogen and oxygen atoms in total. The first-order valence-corrected chi connectivity index (χ1v) is 9.36. The number of carbonyl (C=O) groups excluding carboxylic acids is 2. The van der Waals surface area contributed by atoms with Gasteiger partial charge >= 0.3 is 0 Å². The summed E-state index contributed by atoms with van der Waals surface area (Å²) >= 11 is 1.57. The maximum absolute atomic E-state index is 13.0. The second-order valence-electron chi connectivity index (χ2n) is 6.58. The Labute approximate surface area is 155 Å². The Hall–Kier alpha value is -2.73. The smallest absolute Gasteiger partial charge is 0.259 e. The average molecular weight is 365 g/mol. The summed E-state index contributed by atoms with van der Waals surface area (Å²) in [6.07, 6.45) is 0. The van der Waals surface area contributed by atoms with Crippen LogP contribution in [-0.4, -0.2) is 34.8 Å². The van der Waals surface area contributed by atoms with E-state index in [1.807, 2.05) is 48.7 Å². The molecule has 1 aliphatic rings. The van der Waals surface area contributed by atoms with Gasteiger partial charge in [-0.25, -0.2) is 4.98 Å². The summed E-state index contributed by atoms with van der Waals surface area (Å²) in [6, 6.07) is 10.9. The zero-order valence-electron chi connectivity index (χ0n) is 14.9. The van der Waals surface area contributed by atoms with Crippen molar-refractivity contribution in [3.05, 3.63) is 58.0 Å². The Balaban J connectivity index is 1.62. The number of likely N-dealkylation sites (N-methyl/N-ethyl adjacent to an activating group) is 1. The van der Waals surface area contributed by atoms with Gasteiger partial charge in [-0.2, -0.15) is 0 Å². The minimum Gasteiger partial charge on any atom is -0.338 e. The number of anilines is 1. The number of rotatable bonds is 4. The maximum Gasteiger partial charge on any atom is 0.259 e. The van der Waals surface area contributed by atoms with Crippen molar-refractivity contribution in [2.24, 2.45) is 0 Å². The van der Waals surface area contributed by atoms with Gasteiger partial charge < -0.3 is 4.90 Å². The third kappa shape index (κ3) is 2.57. The second-order valence-corrected chi connectivity index (χ2v) is 7.65. The average Bonchev–Trinajstić information content (AvgIpc) is 3.17. The van der Waals surface area contributed by atoms with Crippen LogP contribution in [0.5, 0.6) is 0 Å². The van der Waals surface area contributed by atoms with E-state index in [0.717, 1.165) is 27.2 Å². The van der Waals surface area contributed by atoms with Gasteiger partial charge in [0.15, 0.2) is 0 Å². The zero-order valence-corrected chi connectivity index (χ0v) is 15.7. The lowest BCUT2D eigenvalue weighted by molar-refractivity contribution is -0.131. The van der Waals surface area contributed by atoms with Crippen LogP contribution in [0.4, 0.5) is 5.69 Å².